The summed E-state index contributed by atoms with van der Waals surface area (Å²) in [6.45, 7) is 4.57. The summed E-state index contributed by atoms with van der Waals surface area (Å²) in [4.78, 5) is 11.4. The molecule has 1 aliphatic heterocycles. The van der Waals surface area contributed by atoms with Crippen LogP contribution in [0.3, 0.4) is 0 Å². The molecule has 7 nitrogen and oxygen atoms in total. The number of carboxylic acids is 1. The van der Waals surface area contributed by atoms with Crippen molar-refractivity contribution in [1.82, 2.24) is 10.0 Å². The smallest absolute Gasteiger partial charge is 0.322 e. The lowest BCUT2D eigenvalue weighted by molar-refractivity contribution is -0.138. The van der Waals surface area contributed by atoms with Crippen molar-refractivity contribution in [1.29, 1.82) is 0 Å². The maximum absolute atomic E-state index is 12.9. The topological polar surface area (TPSA) is 116 Å². The number of nitrogens with one attached hydrogen (secondary N) is 2. The molecule has 0 radical (unpaired) electrons. The van der Waals surface area contributed by atoms with Crippen LogP contribution in [-0.4, -0.2) is 43.3 Å². The molecule has 3 aromatic rings. The summed E-state index contributed by atoms with van der Waals surface area (Å²) < 4.78 is 39.7. The van der Waals surface area contributed by atoms with Gasteiger partial charge in [-0.1, -0.05) is 54.1 Å². The molecule has 0 bridgehead atoms. The number of hydrogen-bond acceptors (Lipinski definition) is 5. The number of benzene rings is 3. The Morgan fingerprint density at radius 1 is 1.08 bits per heavy atom. The van der Waals surface area contributed by atoms with Gasteiger partial charge in [-0.3, -0.25) is 4.79 Å². The van der Waals surface area contributed by atoms with Gasteiger partial charge in [0.15, 0.2) is 0 Å². The van der Waals surface area contributed by atoms with Gasteiger partial charge in [0.1, 0.15) is 11.9 Å². The van der Waals surface area contributed by atoms with Crippen molar-refractivity contribution < 1.29 is 27.8 Å². The van der Waals surface area contributed by atoms with Crippen molar-refractivity contribution in [3.63, 3.8) is 0 Å². The molecule has 198 valence electrons. The monoisotopic (exact) mass is 528 g/mol. The van der Waals surface area contributed by atoms with Crippen molar-refractivity contribution in [2.24, 2.45) is 0 Å². The van der Waals surface area contributed by atoms with Crippen molar-refractivity contribution >= 4 is 16.0 Å². The Kier molecular flexibility index (Phi) is 9.93. The van der Waals surface area contributed by atoms with Gasteiger partial charge in [0, 0.05) is 6.04 Å². The van der Waals surface area contributed by atoms with E-state index in [4.69, 9.17) is 0 Å². The van der Waals surface area contributed by atoms with Gasteiger partial charge in [0.25, 0.3) is 0 Å². The van der Waals surface area contributed by atoms with E-state index < -0.39 is 22.0 Å². The highest BCUT2D eigenvalue weighted by atomic mass is 32.2. The highest BCUT2D eigenvalue weighted by Crippen LogP contribution is 2.26. The molecule has 1 fully saturated rings. The third kappa shape index (κ3) is 8.46. The fourth-order valence-corrected chi connectivity index (χ4v) is 5.36. The second-order valence-electron chi connectivity index (χ2n) is 9.20. The number of aliphatic hydroxyl groups is 1. The Balaban J connectivity index is 0.000000220. The number of aliphatic hydroxyl groups excluding tert-OH is 1. The summed E-state index contributed by atoms with van der Waals surface area (Å²) in [6, 6.07) is 18.9. The first-order valence-electron chi connectivity index (χ1n) is 12.1. The van der Waals surface area contributed by atoms with Crippen LogP contribution in [0, 0.1) is 19.7 Å². The average Bonchev–Trinajstić information content (AvgIpc) is 2.85. The molecule has 1 saturated heterocycles. The summed E-state index contributed by atoms with van der Waals surface area (Å²) in [5.74, 6) is -1.41. The van der Waals surface area contributed by atoms with Crippen LogP contribution in [0.5, 0.6) is 0 Å². The lowest BCUT2D eigenvalue weighted by atomic mass is 9.93. The Morgan fingerprint density at radius 2 is 1.76 bits per heavy atom. The zero-order valence-electron chi connectivity index (χ0n) is 20.9. The summed E-state index contributed by atoms with van der Waals surface area (Å²) in [7, 11) is -3.87. The number of rotatable bonds is 7. The van der Waals surface area contributed by atoms with Gasteiger partial charge in [-0.05, 0) is 80.6 Å². The summed E-state index contributed by atoms with van der Waals surface area (Å²) >= 11 is 0. The SMILES string of the molecule is Cc1cc(F)ccc1[C@H]1C[C@@H](O)CCN1.Cc1ccc(S(=O)(=O)NC(Cc2ccccc2)C(=O)O)cc1. The molecule has 4 rings (SSSR count). The molecule has 1 heterocycles. The maximum Gasteiger partial charge on any atom is 0.322 e. The van der Waals surface area contributed by atoms with Crippen molar-refractivity contribution in [3.05, 3.63) is 101 Å². The standard InChI is InChI=1S/C16H17NO4S.C12H16FNO/c1-12-7-9-14(10-8-12)22(20,21)17-15(16(18)19)11-13-5-3-2-4-6-13;1-8-6-9(13)2-3-11(8)12-7-10(15)4-5-14-12/h2-10,15,17H,11H2,1H3,(H,18,19);2-3,6,10,12,14-15H,4-5,7H2,1H3/t;10-,12+/m.0/s1. The van der Waals surface area contributed by atoms with Gasteiger partial charge in [-0.15, -0.1) is 0 Å². The van der Waals surface area contributed by atoms with Crippen LogP contribution in [0.15, 0.2) is 77.7 Å². The largest absolute Gasteiger partial charge is 0.480 e. The lowest BCUT2D eigenvalue weighted by Crippen LogP contribution is -2.42. The number of sulfonamides is 1. The van der Waals surface area contributed by atoms with Crippen molar-refractivity contribution in [3.8, 4) is 0 Å². The minimum atomic E-state index is -3.87. The molecule has 9 heteroatoms. The fraction of sp³-hybridized carbons (Fsp3) is 0.321. The first kappa shape index (κ1) is 28.5. The van der Waals surface area contributed by atoms with Gasteiger partial charge in [-0.25, -0.2) is 12.8 Å². The minimum Gasteiger partial charge on any atom is -0.480 e. The third-order valence-corrected chi connectivity index (χ3v) is 7.68. The van der Waals surface area contributed by atoms with Crippen LogP contribution < -0.4 is 10.0 Å². The van der Waals surface area contributed by atoms with Gasteiger partial charge in [0.2, 0.25) is 10.0 Å². The van der Waals surface area contributed by atoms with Crippen LogP contribution >= 0.6 is 0 Å². The van der Waals surface area contributed by atoms with Crippen molar-refractivity contribution in [2.75, 3.05) is 6.54 Å². The molecule has 1 aliphatic rings. The Hall–Kier alpha value is -3.11. The van der Waals surface area contributed by atoms with Crippen LogP contribution in [-0.2, 0) is 21.2 Å². The number of aliphatic carboxylic acids is 1. The Bertz CT molecular complexity index is 1280. The van der Waals surface area contributed by atoms with E-state index in [-0.39, 0.29) is 29.3 Å². The van der Waals surface area contributed by atoms with Gasteiger partial charge in [-0.2, -0.15) is 4.72 Å². The zero-order chi connectivity index (χ0) is 27.0. The number of halogens is 1. The summed E-state index contributed by atoms with van der Waals surface area (Å²) in [6.07, 6.45) is 1.37. The molecule has 0 spiro atoms. The normalized spacial score (nSPS) is 18.4. The van der Waals surface area contributed by atoms with Crippen LogP contribution in [0.25, 0.3) is 0 Å². The van der Waals surface area contributed by atoms with Crippen LogP contribution in [0.2, 0.25) is 0 Å². The maximum atomic E-state index is 12.9. The number of hydrogen-bond donors (Lipinski definition) is 4. The summed E-state index contributed by atoms with van der Waals surface area (Å²) in [5, 5.41) is 22.2. The van der Waals surface area contributed by atoms with Gasteiger partial charge >= 0.3 is 5.97 Å². The molecule has 1 unspecified atom stereocenters. The average molecular weight is 529 g/mol. The van der Waals surface area contributed by atoms with E-state index in [0.29, 0.717) is 6.42 Å². The zero-order valence-corrected chi connectivity index (χ0v) is 21.7. The van der Waals surface area contributed by atoms with Crippen LogP contribution in [0.4, 0.5) is 4.39 Å². The molecule has 4 N–H and O–H groups in total. The minimum absolute atomic E-state index is 0.0532. The lowest BCUT2D eigenvalue weighted by Gasteiger charge is -2.28. The van der Waals surface area contributed by atoms with E-state index in [1.165, 1.54) is 24.3 Å². The Labute approximate surface area is 217 Å². The molecular formula is C28H33FN2O5S. The highest BCUT2D eigenvalue weighted by Gasteiger charge is 2.25. The van der Waals surface area contributed by atoms with E-state index in [2.05, 4.69) is 10.0 Å². The molecule has 0 aromatic heterocycles. The van der Waals surface area contributed by atoms with Crippen molar-refractivity contribution in [2.45, 2.75) is 56.2 Å². The molecule has 0 amide bonds. The number of carboxylic acid groups (broad SMARTS) is 1. The molecule has 0 aliphatic carbocycles. The van der Waals surface area contributed by atoms with E-state index in [0.717, 1.165) is 35.2 Å². The molecular weight excluding hydrogens is 495 g/mol. The quantitative estimate of drug-likeness (QED) is 0.370. The second kappa shape index (κ2) is 12.9. The number of carbonyl (C=O) groups is 1. The van der Waals surface area contributed by atoms with Gasteiger partial charge in [0.05, 0.1) is 11.0 Å². The van der Waals surface area contributed by atoms with Gasteiger partial charge < -0.3 is 15.5 Å². The molecule has 3 atom stereocenters. The third-order valence-electron chi connectivity index (χ3n) is 6.19. The molecule has 0 saturated carbocycles. The van der Waals surface area contributed by atoms with E-state index in [1.807, 2.05) is 19.9 Å². The predicted octanol–water partition coefficient (Wildman–Crippen LogP) is 3.89. The fourth-order valence-electron chi connectivity index (χ4n) is 4.17. The van der Waals surface area contributed by atoms with E-state index in [1.54, 1.807) is 42.5 Å². The number of piperidine rings is 1. The first-order valence-corrected chi connectivity index (χ1v) is 13.6. The first-order chi connectivity index (χ1) is 17.5. The van der Waals surface area contributed by atoms with E-state index >= 15 is 0 Å². The molecule has 37 heavy (non-hydrogen) atoms. The Morgan fingerprint density at radius 3 is 2.35 bits per heavy atom. The summed E-state index contributed by atoms with van der Waals surface area (Å²) in [5.41, 5.74) is 3.72. The number of aryl methyl sites for hydroxylation is 2. The highest BCUT2D eigenvalue weighted by molar-refractivity contribution is 7.89. The van der Waals surface area contributed by atoms with Crippen LogP contribution in [0.1, 0.15) is 41.1 Å². The van der Waals surface area contributed by atoms with E-state index in [9.17, 15) is 27.8 Å². The second-order valence-corrected chi connectivity index (χ2v) is 10.9. The molecule has 3 aromatic carbocycles. The predicted molar refractivity (Wildman–Crippen MR) is 140 cm³/mol.